The third-order valence-electron chi connectivity index (χ3n) is 3.13. The molecule has 0 N–H and O–H groups in total. The highest BCUT2D eigenvalue weighted by Gasteiger charge is 2.14. The van der Waals surface area contributed by atoms with E-state index in [1.807, 2.05) is 67.5 Å². The van der Waals surface area contributed by atoms with Crippen LogP contribution in [0.3, 0.4) is 0 Å². The summed E-state index contributed by atoms with van der Waals surface area (Å²) in [5.74, 6) is -0.00894. The normalized spacial score (nSPS) is 11.8. The van der Waals surface area contributed by atoms with Gasteiger partial charge in [-0.2, -0.15) is 0 Å². The van der Waals surface area contributed by atoms with Crippen LogP contribution < -0.4 is 0 Å². The van der Waals surface area contributed by atoms with Crippen LogP contribution in [0.5, 0.6) is 0 Å². The van der Waals surface area contributed by atoms with Crippen LogP contribution in [0.15, 0.2) is 54.1 Å². The minimum atomic E-state index is -0.00894. The van der Waals surface area contributed by atoms with Crippen molar-refractivity contribution in [2.45, 2.75) is 0 Å². The van der Waals surface area contributed by atoms with Crippen LogP contribution in [-0.4, -0.2) is 31.3 Å². The second kappa shape index (κ2) is 7.59. The SMILES string of the molecule is CN(C)C/C(=C\c1cccc(Cl)c1Cl)C(=O)c1ccccc1. The lowest BCUT2D eigenvalue weighted by Gasteiger charge is -2.13. The molecule has 2 aromatic rings. The Hall–Kier alpha value is -1.61. The molecule has 2 aromatic carbocycles. The van der Waals surface area contributed by atoms with Gasteiger partial charge in [0.1, 0.15) is 0 Å². The third-order valence-corrected chi connectivity index (χ3v) is 3.96. The van der Waals surface area contributed by atoms with Gasteiger partial charge in [0, 0.05) is 17.7 Å². The molecule has 0 aliphatic heterocycles. The number of likely N-dealkylation sites (N-methyl/N-ethyl adjacent to an activating group) is 1. The Bertz CT molecular complexity index is 693. The molecule has 0 atom stereocenters. The number of hydrogen-bond donors (Lipinski definition) is 0. The van der Waals surface area contributed by atoms with E-state index in [1.165, 1.54) is 0 Å². The van der Waals surface area contributed by atoms with E-state index < -0.39 is 0 Å². The standard InChI is InChI=1S/C18H17Cl2NO/c1-21(2)12-15(18(22)13-7-4-3-5-8-13)11-14-9-6-10-16(19)17(14)20/h3-11H,12H2,1-2H3/b15-11+. The van der Waals surface area contributed by atoms with Gasteiger partial charge < -0.3 is 4.90 Å². The van der Waals surface area contributed by atoms with Gasteiger partial charge in [0.15, 0.2) is 5.78 Å². The van der Waals surface area contributed by atoms with Crippen molar-refractivity contribution in [3.05, 3.63) is 75.3 Å². The smallest absolute Gasteiger partial charge is 0.190 e. The molecule has 2 nitrogen and oxygen atoms in total. The maximum Gasteiger partial charge on any atom is 0.190 e. The van der Waals surface area contributed by atoms with Crippen LogP contribution in [0.25, 0.3) is 6.08 Å². The molecule has 114 valence electrons. The molecule has 0 heterocycles. The highest BCUT2D eigenvalue weighted by Crippen LogP contribution is 2.27. The van der Waals surface area contributed by atoms with Gasteiger partial charge >= 0.3 is 0 Å². The van der Waals surface area contributed by atoms with E-state index in [9.17, 15) is 4.79 Å². The summed E-state index contributed by atoms with van der Waals surface area (Å²) in [5.41, 5.74) is 2.07. The summed E-state index contributed by atoms with van der Waals surface area (Å²) < 4.78 is 0. The van der Waals surface area contributed by atoms with Crippen LogP contribution in [0.4, 0.5) is 0 Å². The maximum atomic E-state index is 12.7. The fourth-order valence-corrected chi connectivity index (χ4v) is 2.48. The molecular weight excluding hydrogens is 317 g/mol. The number of carbonyl (C=O) groups excluding carboxylic acids is 1. The topological polar surface area (TPSA) is 20.3 Å². The average Bonchev–Trinajstić information content (AvgIpc) is 2.51. The summed E-state index contributed by atoms with van der Waals surface area (Å²) in [6.45, 7) is 0.524. The fraction of sp³-hybridized carbons (Fsp3) is 0.167. The van der Waals surface area contributed by atoms with Crippen LogP contribution in [0.2, 0.25) is 10.0 Å². The zero-order valence-electron chi connectivity index (χ0n) is 12.5. The van der Waals surface area contributed by atoms with Gasteiger partial charge in [-0.3, -0.25) is 4.79 Å². The van der Waals surface area contributed by atoms with E-state index in [-0.39, 0.29) is 5.78 Å². The fourth-order valence-electron chi connectivity index (χ4n) is 2.12. The van der Waals surface area contributed by atoms with Crippen LogP contribution in [0.1, 0.15) is 15.9 Å². The van der Waals surface area contributed by atoms with Crippen molar-refractivity contribution >= 4 is 35.1 Å². The van der Waals surface area contributed by atoms with E-state index in [4.69, 9.17) is 23.2 Å². The molecule has 0 aliphatic rings. The first kappa shape index (κ1) is 16.8. The molecule has 0 saturated carbocycles. The van der Waals surface area contributed by atoms with Crippen molar-refractivity contribution in [3.63, 3.8) is 0 Å². The Balaban J connectivity index is 2.44. The quantitative estimate of drug-likeness (QED) is 0.577. The number of rotatable bonds is 5. The van der Waals surface area contributed by atoms with Crippen molar-refractivity contribution in [1.82, 2.24) is 4.90 Å². The molecule has 0 fully saturated rings. The molecule has 0 amide bonds. The molecule has 2 rings (SSSR count). The summed E-state index contributed by atoms with van der Waals surface area (Å²) in [6, 6.07) is 14.6. The van der Waals surface area contributed by atoms with E-state index >= 15 is 0 Å². The number of nitrogens with zero attached hydrogens (tertiary/aromatic N) is 1. The lowest BCUT2D eigenvalue weighted by Crippen LogP contribution is -2.20. The average molecular weight is 334 g/mol. The Labute approximate surface area is 141 Å². The van der Waals surface area contributed by atoms with Gasteiger partial charge in [0.2, 0.25) is 0 Å². The summed E-state index contributed by atoms with van der Waals surface area (Å²) in [6.07, 6.45) is 1.81. The molecule has 22 heavy (non-hydrogen) atoms. The Morgan fingerprint density at radius 1 is 1.05 bits per heavy atom. The maximum absolute atomic E-state index is 12.7. The first-order valence-corrected chi connectivity index (χ1v) is 7.63. The van der Waals surface area contributed by atoms with Crippen molar-refractivity contribution in [3.8, 4) is 0 Å². The molecule has 0 radical (unpaired) electrons. The first-order chi connectivity index (χ1) is 10.5. The minimum Gasteiger partial charge on any atom is -0.305 e. The minimum absolute atomic E-state index is 0.00894. The number of hydrogen-bond acceptors (Lipinski definition) is 2. The second-order valence-electron chi connectivity index (χ2n) is 5.25. The second-order valence-corrected chi connectivity index (χ2v) is 6.03. The van der Waals surface area contributed by atoms with Crippen LogP contribution in [0, 0.1) is 0 Å². The number of Topliss-reactive ketones (excluding diaryl/α,β-unsaturated/α-hetero) is 1. The first-order valence-electron chi connectivity index (χ1n) is 6.88. The number of halogens is 2. The van der Waals surface area contributed by atoms with Gasteiger partial charge in [-0.1, -0.05) is 65.7 Å². The van der Waals surface area contributed by atoms with Crippen molar-refractivity contribution < 1.29 is 4.79 Å². The van der Waals surface area contributed by atoms with Crippen molar-refractivity contribution in [2.75, 3.05) is 20.6 Å². The highest BCUT2D eigenvalue weighted by molar-refractivity contribution is 6.43. The predicted octanol–water partition coefficient (Wildman–Crippen LogP) is 4.82. The van der Waals surface area contributed by atoms with Gasteiger partial charge in [-0.05, 0) is 31.8 Å². The number of benzene rings is 2. The van der Waals surface area contributed by atoms with Gasteiger partial charge in [0.05, 0.1) is 10.0 Å². The number of carbonyl (C=O) groups is 1. The summed E-state index contributed by atoms with van der Waals surface area (Å²) in [4.78, 5) is 14.7. The largest absolute Gasteiger partial charge is 0.305 e. The van der Waals surface area contributed by atoms with Gasteiger partial charge in [0.25, 0.3) is 0 Å². The Morgan fingerprint density at radius 2 is 1.73 bits per heavy atom. The molecule has 0 unspecified atom stereocenters. The zero-order valence-corrected chi connectivity index (χ0v) is 14.0. The van der Waals surface area contributed by atoms with E-state index in [0.717, 1.165) is 5.56 Å². The monoisotopic (exact) mass is 333 g/mol. The zero-order chi connectivity index (χ0) is 16.1. The lowest BCUT2D eigenvalue weighted by atomic mass is 10.0. The molecule has 0 aromatic heterocycles. The van der Waals surface area contributed by atoms with E-state index in [1.54, 1.807) is 6.07 Å². The van der Waals surface area contributed by atoms with E-state index in [2.05, 4.69) is 0 Å². The van der Waals surface area contributed by atoms with Crippen molar-refractivity contribution in [1.29, 1.82) is 0 Å². The van der Waals surface area contributed by atoms with E-state index in [0.29, 0.717) is 27.7 Å². The highest BCUT2D eigenvalue weighted by atomic mass is 35.5. The molecule has 4 heteroatoms. The molecular formula is C18H17Cl2NO. The predicted molar refractivity (Wildman–Crippen MR) is 93.8 cm³/mol. The van der Waals surface area contributed by atoms with Gasteiger partial charge in [-0.25, -0.2) is 0 Å². The Kier molecular flexibility index (Phi) is 5.78. The van der Waals surface area contributed by atoms with Crippen LogP contribution >= 0.6 is 23.2 Å². The summed E-state index contributed by atoms with van der Waals surface area (Å²) in [7, 11) is 3.84. The molecule has 0 spiro atoms. The van der Waals surface area contributed by atoms with Gasteiger partial charge in [-0.15, -0.1) is 0 Å². The molecule has 0 saturated heterocycles. The van der Waals surface area contributed by atoms with Crippen LogP contribution in [-0.2, 0) is 0 Å². The number of ketones is 1. The lowest BCUT2D eigenvalue weighted by molar-refractivity contribution is 0.102. The summed E-state index contributed by atoms with van der Waals surface area (Å²) >= 11 is 12.3. The Morgan fingerprint density at radius 3 is 2.36 bits per heavy atom. The molecule has 0 bridgehead atoms. The summed E-state index contributed by atoms with van der Waals surface area (Å²) in [5, 5.41) is 0.938. The van der Waals surface area contributed by atoms with Crippen molar-refractivity contribution in [2.24, 2.45) is 0 Å². The molecule has 0 aliphatic carbocycles. The third kappa shape index (κ3) is 4.20.